The van der Waals surface area contributed by atoms with E-state index in [4.69, 9.17) is 5.73 Å². The van der Waals surface area contributed by atoms with Crippen molar-refractivity contribution in [3.63, 3.8) is 0 Å². The third-order valence-electron chi connectivity index (χ3n) is 3.52. The zero-order valence-electron chi connectivity index (χ0n) is 12.6. The fraction of sp³-hybridized carbons (Fsp3) is 0.529. The molecule has 0 bridgehead atoms. The molecule has 0 heterocycles. The molecule has 0 aromatic heterocycles. The van der Waals surface area contributed by atoms with Gasteiger partial charge in [-0.15, -0.1) is 0 Å². The largest absolute Gasteiger partial charge is 0.395 e. The first-order chi connectivity index (χ1) is 9.74. The van der Waals surface area contributed by atoms with E-state index in [-0.39, 0.29) is 6.61 Å². The lowest BCUT2D eigenvalue weighted by atomic mass is 10.1. The summed E-state index contributed by atoms with van der Waals surface area (Å²) in [5.74, 6) is 5.88. The lowest BCUT2D eigenvalue weighted by molar-refractivity contribution is 0.136. The number of aliphatic hydroxyl groups is 1. The van der Waals surface area contributed by atoms with Crippen molar-refractivity contribution in [3.8, 4) is 11.8 Å². The van der Waals surface area contributed by atoms with Crippen molar-refractivity contribution in [2.24, 2.45) is 5.73 Å². The minimum Gasteiger partial charge on any atom is -0.395 e. The molecule has 3 heteroatoms. The Morgan fingerprint density at radius 1 is 1.20 bits per heavy atom. The monoisotopic (exact) mass is 274 g/mol. The van der Waals surface area contributed by atoms with Gasteiger partial charge in [-0.25, -0.2) is 0 Å². The van der Waals surface area contributed by atoms with Gasteiger partial charge in [0.2, 0.25) is 0 Å². The number of hydrogen-bond donors (Lipinski definition) is 2. The van der Waals surface area contributed by atoms with Gasteiger partial charge in [-0.2, -0.15) is 0 Å². The van der Waals surface area contributed by atoms with Crippen LogP contribution in [0.15, 0.2) is 24.3 Å². The lowest BCUT2D eigenvalue weighted by Crippen LogP contribution is -2.36. The van der Waals surface area contributed by atoms with E-state index < -0.39 is 0 Å². The fourth-order valence-electron chi connectivity index (χ4n) is 2.41. The van der Waals surface area contributed by atoms with E-state index in [2.05, 4.69) is 42.7 Å². The van der Waals surface area contributed by atoms with Crippen LogP contribution < -0.4 is 5.73 Å². The maximum Gasteiger partial charge on any atom is 0.0558 e. The molecule has 0 aliphatic heterocycles. The van der Waals surface area contributed by atoms with Gasteiger partial charge in [0.1, 0.15) is 0 Å². The van der Waals surface area contributed by atoms with Gasteiger partial charge < -0.3 is 10.8 Å². The summed E-state index contributed by atoms with van der Waals surface area (Å²) in [6.45, 7) is 6.59. The summed E-state index contributed by atoms with van der Waals surface area (Å²) in [4.78, 5) is 2.35. The number of benzene rings is 1. The number of nitrogens with zero attached hydrogens (tertiary/aromatic N) is 1. The van der Waals surface area contributed by atoms with Crippen LogP contribution in [-0.4, -0.2) is 35.7 Å². The van der Waals surface area contributed by atoms with Gasteiger partial charge in [-0.05, 0) is 30.5 Å². The molecular weight excluding hydrogens is 248 g/mol. The molecule has 0 amide bonds. The van der Waals surface area contributed by atoms with Crippen LogP contribution in [0, 0.1) is 11.8 Å². The van der Waals surface area contributed by atoms with Crippen molar-refractivity contribution >= 4 is 0 Å². The quantitative estimate of drug-likeness (QED) is 0.748. The maximum atomic E-state index is 9.22. The molecule has 1 aromatic rings. The van der Waals surface area contributed by atoms with Gasteiger partial charge in [0.25, 0.3) is 0 Å². The third-order valence-corrected chi connectivity index (χ3v) is 3.52. The van der Waals surface area contributed by atoms with Gasteiger partial charge in [-0.3, -0.25) is 4.90 Å². The van der Waals surface area contributed by atoms with Crippen molar-refractivity contribution in [1.29, 1.82) is 0 Å². The summed E-state index contributed by atoms with van der Waals surface area (Å²) in [6, 6.07) is 8.80. The Kier molecular flexibility index (Phi) is 7.98. The Morgan fingerprint density at radius 2 is 1.85 bits per heavy atom. The van der Waals surface area contributed by atoms with Crippen molar-refractivity contribution < 1.29 is 5.11 Å². The lowest BCUT2D eigenvalue weighted by Gasteiger charge is -2.29. The Balaban J connectivity index is 2.73. The van der Waals surface area contributed by atoms with Crippen LogP contribution in [0.4, 0.5) is 0 Å². The van der Waals surface area contributed by atoms with Crippen LogP contribution in [0.1, 0.15) is 37.8 Å². The molecule has 0 saturated carbocycles. The predicted octanol–water partition coefficient (Wildman–Crippen LogP) is 1.98. The van der Waals surface area contributed by atoms with Crippen molar-refractivity contribution in [2.75, 3.05) is 19.7 Å². The summed E-state index contributed by atoms with van der Waals surface area (Å²) in [6.07, 6.45) is 2.22. The summed E-state index contributed by atoms with van der Waals surface area (Å²) < 4.78 is 0. The first kappa shape index (κ1) is 16.7. The molecule has 0 fully saturated rings. The van der Waals surface area contributed by atoms with Gasteiger partial charge >= 0.3 is 0 Å². The summed E-state index contributed by atoms with van der Waals surface area (Å²) in [5, 5.41) is 9.22. The second kappa shape index (κ2) is 9.55. The standard InChI is InChI=1S/C17H26N2O/c1-3-17(4-2)19(12-13-20)14-16-9-7-15(8-10-16)6-5-11-18/h7-10,17,20H,3-4,11-14,18H2,1-2H3. The van der Waals surface area contributed by atoms with Crippen LogP contribution in [0.3, 0.4) is 0 Å². The molecule has 3 N–H and O–H groups in total. The Bertz CT molecular complexity index is 427. The van der Waals surface area contributed by atoms with Gasteiger partial charge in [0.15, 0.2) is 0 Å². The highest BCUT2D eigenvalue weighted by molar-refractivity contribution is 5.36. The average molecular weight is 274 g/mol. The first-order valence-corrected chi connectivity index (χ1v) is 7.37. The van der Waals surface area contributed by atoms with E-state index in [0.717, 1.165) is 31.5 Å². The highest BCUT2D eigenvalue weighted by Crippen LogP contribution is 2.13. The highest BCUT2D eigenvalue weighted by Gasteiger charge is 2.14. The Hall–Kier alpha value is -1.34. The van der Waals surface area contributed by atoms with E-state index in [1.165, 1.54) is 5.56 Å². The molecule has 1 aromatic carbocycles. The number of hydrogen-bond acceptors (Lipinski definition) is 3. The molecule has 0 atom stereocenters. The molecule has 110 valence electrons. The Morgan fingerprint density at radius 3 is 2.35 bits per heavy atom. The summed E-state index contributed by atoms with van der Waals surface area (Å²) in [5.41, 5.74) is 7.61. The molecule has 0 unspecified atom stereocenters. The van der Waals surface area contributed by atoms with Crippen molar-refractivity contribution in [2.45, 2.75) is 39.3 Å². The predicted molar refractivity (Wildman–Crippen MR) is 84.2 cm³/mol. The van der Waals surface area contributed by atoms with Gasteiger partial charge in [-0.1, -0.05) is 37.8 Å². The number of nitrogens with two attached hydrogens (primary N) is 1. The molecule has 0 spiro atoms. The summed E-state index contributed by atoms with van der Waals surface area (Å²) >= 11 is 0. The topological polar surface area (TPSA) is 49.5 Å². The minimum atomic E-state index is 0.205. The zero-order chi connectivity index (χ0) is 14.8. The van der Waals surface area contributed by atoms with Crippen LogP contribution in [0.5, 0.6) is 0 Å². The summed E-state index contributed by atoms with van der Waals surface area (Å²) in [7, 11) is 0. The second-order valence-corrected chi connectivity index (χ2v) is 4.87. The maximum absolute atomic E-state index is 9.22. The SMILES string of the molecule is CCC(CC)N(CCO)Cc1ccc(C#CCN)cc1. The van der Waals surface area contributed by atoms with E-state index in [1.54, 1.807) is 0 Å². The van der Waals surface area contributed by atoms with Crippen LogP contribution >= 0.6 is 0 Å². The van der Waals surface area contributed by atoms with E-state index >= 15 is 0 Å². The molecular formula is C17H26N2O. The fourth-order valence-corrected chi connectivity index (χ4v) is 2.41. The van der Waals surface area contributed by atoms with E-state index in [1.807, 2.05) is 12.1 Å². The zero-order valence-corrected chi connectivity index (χ0v) is 12.6. The molecule has 0 radical (unpaired) electrons. The van der Waals surface area contributed by atoms with Crippen molar-refractivity contribution in [3.05, 3.63) is 35.4 Å². The van der Waals surface area contributed by atoms with Gasteiger partial charge in [0.05, 0.1) is 13.2 Å². The van der Waals surface area contributed by atoms with E-state index in [0.29, 0.717) is 12.6 Å². The van der Waals surface area contributed by atoms with Crippen LogP contribution in [0.25, 0.3) is 0 Å². The smallest absolute Gasteiger partial charge is 0.0558 e. The third kappa shape index (κ3) is 5.34. The van der Waals surface area contributed by atoms with Crippen LogP contribution in [0.2, 0.25) is 0 Å². The second-order valence-electron chi connectivity index (χ2n) is 4.87. The highest BCUT2D eigenvalue weighted by atomic mass is 16.3. The number of aliphatic hydroxyl groups excluding tert-OH is 1. The van der Waals surface area contributed by atoms with Crippen molar-refractivity contribution in [1.82, 2.24) is 4.90 Å². The number of rotatable bonds is 7. The normalized spacial score (nSPS) is 10.7. The molecule has 3 nitrogen and oxygen atoms in total. The minimum absolute atomic E-state index is 0.205. The molecule has 1 rings (SSSR count). The molecule has 0 aliphatic rings. The van der Waals surface area contributed by atoms with Crippen LogP contribution in [-0.2, 0) is 6.54 Å². The molecule has 0 saturated heterocycles. The first-order valence-electron chi connectivity index (χ1n) is 7.37. The van der Waals surface area contributed by atoms with E-state index in [9.17, 15) is 5.11 Å². The average Bonchev–Trinajstić information content (AvgIpc) is 2.48. The van der Waals surface area contributed by atoms with Gasteiger partial charge in [0, 0.05) is 24.7 Å². The molecule has 0 aliphatic carbocycles. The Labute approximate surface area is 122 Å². The molecule has 20 heavy (non-hydrogen) atoms.